The van der Waals surface area contributed by atoms with Crippen molar-refractivity contribution in [1.82, 2.24) is 10.2 Å². The lowest BCUT2D eigenvalue weighted by molar-refractivity contribution is -0.131. The first-order valence-corrected chi connectivity index (χ1v) is 6.52. The normalized spacial score (nSPS) is 25.4. The van der Waals surface area contributed by atoms with Gasteiger partial charge in [0.15, 0.2) is 0 Å². The highest BCUT2D eigenvalue weighted by atomic mass is 16.2. The van der Waals surface area contributed by atoms with E-state index in [9.17, 15) is 4.79 Å². The Bertz CT molecular complexity index is 218. The van der Waals surface area contributed by atoms with Crippen molar-refractivity contribution in [2.24, 2.45) is 11.8 Å². The van der Waals surface area contributed by atoms with Gasteiger partial charge in [0, 0.05) is 26.6 Å². The molecule has 16 heavy (non-hydrogen) atoms. The fraction of sp³-hybridized carbons (Fsp3) is 0.923. The number of nitrogens with one attached hydrogen (secondary N) is 1. The molecule has 2 atom stereocenters. The summed E-state index contributed by atoms with van der Waals surface area (Å²) in [5.41, 5.74) is 0. The van der Waals surface area contributed by atoms with Crippen LogP contribution < -0.4 is 5.32 Å². The Balaban J connectivity index is 2.26. The zero-order valence-electron chi connectivity index (χ0n) is 11.0. The third-order valence-corrected chi connectivity index (χ3v) is 3.63. The summed E-state index contributed by atoms with van der Waals surface area (Å²) in [6, 6.07) is 0. The molecule has 0 heterocycles. The molecule has 0 bridgehead atoms. The van der Waals surface area contributed by atoms with Crippen molar-refractivity contribution in [2.75, 3.05) is 27.2 Å². The number of carbonyl (C=O) groups excluding carboxylic acids is 1. The van der Waals surface area contributed by atoms with Gasteiger partial charge in [0.05, 0.1) is 0 Å². The van der Waals surface area contributed by atoms with Crippen LogP contribution in [0.2, 0.25) is 0 Å². The van der Waals surface area contributed by atoms with E-state index in [1.807, 2.05) is 19.0 Å². The number of rotatable bonds is 5. The van der Waals surface area contributed by atoms with Crippen molar-refractivity contribution in [2.45, 2.75) is 39.0 Å². The van der Waals surface area contributed by atoms with Crippen LogP contribution in [0.1, 0.15) is 39.0 Å². The van der Waals surface area contributed by atoms with Gasteiger partial charge in [-0.25, -0.2) is 0 Å². The van der Waals surface area contributed by atoms with Crippen LogP contribution in [-0.4, -0.2) is 38.0 Å². The molecule has 0 radical (unpaired) electrons. The summed E-state index contributed by atoms with van der Waals surface area (Å²) in [6.45, 7) is 4.00. The lowest BCUT2D eigenvalue weighted by Crippen LogP contribution is -2.34. The molecular weight excluding hydrogens is 200 g/mol. The number of carbonyl (C=O) groups is 1. The average Bonchev–Trinajstić information content (AvgIpc) is 2.25. The predicted octanol–water partition coefficient (Wildman–Crippen LogP) is 1.88. The molecule has 94 valence electrons. The highest BCUT2D eigenvalue weighted by molar-refractivity contribution is 5.76. The van der Waals surface area contributed by atoms with E-state index in [1.54, 1.807) is 0 Å². The van der Waals surface area contributed by atoms with E-state index in [1.165, 1.54) is 25.7 Å². The van der Waals surface area contributed by atoms with Crippen molar-refractivity contribution in [3.05, 3.63) is 0 Å². The van der Waals surface area contributed by atoms with Gasteiger partial charge in [0.25, 0.3) is 0 Å². The molecule has 1 rings (SSSR count). The molecule has 0 aromatic heterocycles. The Morgan fingerprint density at radius 3 is 2.81 bits per heavy atom. The van der Waals surface area contributed by atoms with E-state index in [0.29, 0.717) is 11.8 Å². The molecule has 2 unspecified atom stereocenters. The molecule has 1 N–H and O–H groups in total. The Kier molecular flexibility index (Phi) is 5.81. The van der Waals surface area contributed by atoms with Gasteiger partial charge in [-0.1, -0.05) is 19.8 Å². The minimum Gasteiger partial charge on any atom is -0.344 e. The monoisotopic (exact) mass is 226 g/mol. The molecule has 0 spiro atoms. The molecule has 1 saturated carbocycles. The lowest BCUT2D eigenvalue weighted by atomic mass is 9.80. The van der Waals surface area contributed by atoms with E-state index in [2.05, 4.69) is 12.2 Å². The first kappa shape index (κ1) is 13.5. The summed E-state index contributed by atoms with van der Waals surface area (Å²) >= 11 is 0. The van der Waals surface area contributed by atoms with Gasteiger partial charge >= 0.3 is 0 Å². The first-order valence-electron chi connectivity index (χ1n) is 6.52. The van der Waals surface area contributed by atoms with Crippen LogP contribution in [0.25, 0.3) is 0 Å². The fourth-order valence-electron chi connectivity index (χ4n) is 2.55. The zero-order chi connectivity index (χ0) is 12.0. The van der Waals surface area contributed by atoms with Gasteiger partial charge in [0.1, 0.15) is 0 Å². The van der Waals surface area contributed by atoms with Crippen molar-refractivity contribution in [3.63, 3.8) is 0 Å². The summed E-state index contributed by atoms with van der Waals surface area (Å²) in [4.78, 5) is 13.8. The minimum absolute atomic E-state index is 0.314. The smallest absolute Gasteiger partial charge is 0.222 e. The second-order valence-electron chi connectivity index (χ2n) is 5.26. The van der Waals surface area contributed by atoms with E-state index in [0.717, 1.165) is 25.4 Å². The van der Waals surface area contributed by atoms with Crippen LogP contribution in [0.3, 0.4) is 0 Å². The molecular formula is C13H26N2O. The highest BCUT2D eigenvalue weighted by Crippen LogP contribution is 2.30. The third-order valence-electron chi connectivity index (χ3n) is 3.63. The van der Waals surface area contributed by atoms with Crippen LogP contribution in [-0.2, 0) is 4.79 Å². The number of hydrogen-bond donors (Lipinski definition) is 1. The summed E-state index contributed by atoms with van der Waals surface area (Å²) < 4.78 is 0. The van der Waals surface area contributed by atoms with Crippen molar-refractivity contribution < 1.29 is 4.79 Å². The van der Waals surface area contributed by atoms with E-state index in [4.69, 9.17) is 0 Å². The molecule has 0 aliphatic heterocycles. The third kappa shape index (κ3) is 4.52. The quantitative estimate of drug-likeness (QED) is 0.776. The summed E-state index contributed by atoms with van der Waals surface area (Å²) in [7, 11) is 3.83. The van der Waals surface area contributed by atoms with Gasteiger partial charge in [0.2, 0.25) is 5.91 Å². The number of likely N-dealkylation sites (N-methyl/N-ethyl adjacent to an activating group) is 2. The standard InChI is InChI=1S/C13H26N2O/c1-11-5-4-6-12(9-11)10-13(16)15(3)8-7-14-2/h11-12,14H,4-10H2,1-3H3. The lowest BCUT2D eigenvalue weighted by Gasteiger charge is -2.27. The van der Waals surface area contributed by atoms with Crippen LogP contribution >= 0.6 is 0 Å². The minimum atomic E-state index is 0.314. The molecule has 0 aromatic carbocycles. The second-order valence-corrected chi connectivity index (χ2v) is 5.26. The largest absolute Gasteiger partial charge is 0.344 e. The molecule has 3 nitrogen and oxygen atoms in total. The Morgan fingerprint density at radius 1 is 1.44 bits per heavy atom. The molecule has 1 aliphatic rings. The average molecular weight is 226 g/mol. The van der Waals surface area contributed by atoms with Gasteiger partial charge in [-0.05, 0) is 31.7 Å². The summed E-state index contributed by atoms with van der Waals surface area (Å²) in [5, 5.41) is 3.07. The van der Waals surface area contributed by atoms with Crippen LogP contribution in [0.15, 0.2) is 0 Å². The number of nitrogens with zero attached hydrogens (tertiary/aromatic N) is 1. The summed E-state index contributed by atoms with van der Waals surface area (Å²) in [6.07, 6.45) is 5.89. The molecule has 0 aromatic rings. The highest BCUT2D eigenvalue weighted by Gasteiger charge is 2.22. The van der Waals surface area contributed by atoms with Gasteiger partial charge in [-0.15, -0.1) is 0 Å². The van der Waals surface area contributed by atoms with Crippen LogP contribution in [0.4, 0.5) is 0 Å². The number of hydrogen-bond acceptors (Lipinski definition) is 2. The molecule has 3 heteroatoms. The maximum atomic E-state index is 11.9. The molecule has 0 saturated heterocycles. The Labute approximate surface area is 99.6 Å². The van der Waals surface area contributed by atoms with Crippen molar-refractivity contribution >= 4 is 5.91 Å². The van der Waals surface area contributed by atoms with Crippen molar-refractivity contribution in [3.8, 4) is 0 Å². The summed E-state index contributed by atoms with van der Waals surface area (Å²) in [5.74, 6) is 1.76. The first-order chi connectivity index (χ1) is 7.63. The Hall–Kier alpha value is -0.570. The SMILES string of the molecule is CNCCN(C)C(=O)CC1CCCC(C)C1. The Morgan fingerprint density at radius 2 is 2.19 bits per heavy atom. The van der Waals surface area contributed by atoms with Crippen LogP contribution in [0.5, 0.6) is 0 Å². The van der Waals surface area contributed by atoms with E-state index >= 15 is 0 Å². The van der Waals surface area contributed by atoms with Gasteiger partial charge in [-0.3, -0.25) is 4.79 Å². The van der Waals surface area contributed by atoms with Crippen LogP contribution in [0, 0.1) is 11.8 Å². The predicted molar refractivity (Wildman–Crippen MR) is 67.3 cm³/mol. The van der Waals surface area contributed by atoms with Gasteiger partial charge in [-0.2, -0.15) is 0 Å². The zero-order valence-corrected chi connectivity index (χ0v) is 11.0. The molecule has 1 aliphatic carbocycles. The van der Waals surface area contributed by atoms with Gasteiger partial charge < -0.3 is 10.2 Å². The maximum Gasteiger partial charge on any atom is 0.222 e. The maximum absolute atomic E-state index is 11.9. The molecule has 1 amide bonds. The van der Waals surface area contributed by atoms with Crippen molar-refractivity contribution in [1.29, 1.82) is 0 Å². The van der Waals surface area contributed by atoms with E-state index in [-0.39, 0.29) is 0 Å². The fourth-order valence-corrected chi connectivity index (χ4v) is 2.55. The second kappa shape index (κ2) is 6.89. The van der Waals surface area contributed by atoms with E-state index < -0.39 is 0 Å². The topological polar surface area (TPSA) is 32.3 Å². The molecule has 1 fully saturated rings. The number of amides is 1.